The normalized spacial score (nSPS) is 18.1. The van der Waals surface area contributed by atoms with Crippen molar-refractivity contribution in [2.24, 2.45) is 11.8 Å². The van der Waals surface area contributed by atoms with E-state index in [1.165, 1.54) is 6.07 Å². The van der Waals surface area contributed by atoms with E-state index >= 15 is 0 Å². The number of anilines is 2. The molecule has 5 nitrogen and oxygen atoms in total. The number of amides is 2. The van der Waals surface area contributed by atoms with Gasteiger partial charge >= 0.3 is 0 Å². The van der Waals surface area contributed by atoms with E-state index in [9.17, 15) is 18.4 Å². The average Bonchev–Trinajstić information content (AvgIpc) is 3.40. The van der Waals surface area contributed by atoms with Gasteiger partial charge in [0, 0.05) is 0 Å². The fourth-order valence-corrected chi connectivity index (χ4v) is 2.76. The van der Waals surface area contributed by atoms with Crippen LogP contribution in [0.3, 0.4) is 0 Å². The van der Waals surface area contributed by atoms with Gasteiger partial charge in [0.1, 0.15) is 23.1 Å². The zero-order valence-corrected chi connectivity index (χ0v) is 15.0. The lowest BCUT2D eigenvalue weighted by Gasteiger charge is -2.14. The summed E-state index contributed by atoms with van der Waals surface area (Å²) >= 11 is 0. The Morgan fingerprint density at radius 3 is 2.19 bits per heavy atom. The van der Waals surface area contributed by atoms with Crippen LogP contribution in [0.4, 0.5) is 20.2 Å². The molecular weight excluding hydrogens is 354 g/mol. The number of rotatable bonds is 6. The van der Waals surface area contributed by atoms with Crippen LogP contribution in [-0.2, 0) is 9.59 Å². The van der Waals surface area contributed by atoms with Gasteiger partial charge in [0.15, 0.2) is 0 Å². The highest BCUT2D eigenvalue weighted by Crippen LogP contribution is 2.41. The smallest absolute Gasteiger partial charge is 0.228 e. The van der Waals surface area contributed by atoms with Gasteiger partial charge < -0.3 is 15.4 Å². The Kier molecular flexibility index (Phi) is 5.39. The SMILES string of the molecule is CC(C)Oc1ccccc1NC(=O)C1CC1C(=O)Nc1c(F)cccc1F. The fraction of sp³-hybridized carbons (Fsp3) is 0.300. The number of benzene rings is 2. The van der Waals surface area contributed by atoms with E-state index in [0.717, 1.165) is 12.1 Å². The van der Waals surface area contributed by atoms with E-state index in [4.69, 9.17) is 4.74 Å². The van der Waals surface area contributed by atoms with Crippen molar-refractivity contribution >= 4 is 23.2 Å². The fourth-order valence-electron chi connectivity index (χ4n) is 2.76. The molecule has 0 heterocycles. The van der Waals surface area contributed by atoms with Crippen LogP contribution in [-0.4, -0.2) is 17.9 Å². The maximum atomic E-state index is 13.6. The molecular formula is C20H20F2N2O3. The highest BCUT2D eigenvalue weighted by Gasteiger charge is 2.48. The Morgan fingerprint density at radius 1 is 0.963 bits per heavy atom. The summed E-state index contributed by atoms with van der Waals surface area (Å²) in [7, 11) is 0. The second kappa shape index (κ2) is 7.73. The minimum absolute atomic E-state index is 0.0573. The van der Waals surface area contributed by atoms with Crippen molar-refractivity contribution in [3.63, 3.8) is 0 Å². The first-order chi connectivity index (χ1) is 12.9. The summed E-state index contributed by atoms with van der Waals surface area (Å²) in [5.74, 6) is -3.26. The summed E-state index contributed by atoms with van der Waals surface area (Å²) in [6, 6.07) is 10.3. The highest BCUT2D eigenvalue weighted by molar-refractivity contribution is 6.03. The van der Waals surface area contributed by atoms with Crippen molar-refractivity contribution in [1.29, 1.82) is 0 Å². The molecule has 2 aromatic rings. The molecule has 2 aromatic carbocycles. The molecule has 142 valence electrons. The van der Waals surface area contributed by atoms with Gasteiger partial charge in [-0.05, 0) is 44.5 Å². The third-order valence-electron chi connectivity index (χ3n) is 4.18. The van der Waals surface area contributed by atoms with Gasteiger partial charge in [0.2, 0.25) is 11.8 Å². The second-order valence-electron chi connectivity index (χ2n) is 6.69. The molecule has 2 N–H and O–H groups in total. The molecule has 1 saturated carbocycles. The molecule has 0 saturated heterocycles. The van der Waals surface area contributed by atoms with Gasteiger partial charge in [-0.3, -0.25) is 9.59 Å². The number of para-hydroxylation sites is 3. The molecule has 1 aliphatic rings. The molecule has 1 fully saturated rings. The molecule has 0 aromatic heterocycles. The summed E-state index contributed by atoms with van der Waals surface area (Å²) in [6.45, 7) is 3.75. The first-order valence-electron chi connectivity index (χ1n) is 8.68. The highest BCUT2D eigenvalue weighted by atomic mass is 19.1. The summed E-state index contributed by atoms with van der Waals surface area (Å²) in [5, 5.41) is 4.99. The molecule has 0 bridgehead atoms. The van der Waals surface area contributed by atoms with E-state index in [2.05, 4.69) is 10.6 Å². The van der Waals surface area contributed by atoms with Crippen LogP contribution in [0.25, 0.3) is 0 Å². The largest absolute Gasteiger partial charge is 0.489 e. The maximum Gasteiger partial charge on any atom is 0.228 e. The van der Waals surface area contributed by atoms with E-state index in [1.807, 2.05) is 13.8 Å². The molecule has 2 amide bonds. The molecule has 0 aliphatic heterocycles. The summed E-state index contributed by atoms with van der Waals surface area (Å²) in [6.07, 6.45) is 0.263. The molecule has 2 atom stereocenters. The molecule has 1 aliphatic carbocycles. The van der Waals surface area contributed by atoms with Crippen molar-refractivity contribution < 1.29 is 23.1 Å². The Hall–Kier alpha value is -2.96. The third-order valence-corrected chi connectivity index (χ3v) is 4.18. The van der Waals surface area contributed by atoms with Gasteiger partial charge in [0.25, 0.3) is 0 Å². The zero-order chi connectivity index (χ0) is 19.6. The molecule has 0 spiro atoms. The van der Waals surface area contributed by atoms with Crippen molar-refractivity contribution in [2.45, 2.75) is 26.4 Å². The second-order valence-corrected chi connectivity index (χ2v) is 6.69. The zero-order valence-electron chi connectivity index (χ0n) is 15.0. The molecule has 2 unspecified atom stereocenters. The van der Waals surface area contributed by atoms with E-state index in [1.54, 1.807) is 24.3 Å². The lowest BCUT2D eigenvalue weighted by Crippen LogP contribution is -2.22. The predicted molar refractivity (Wildman–Crippen MR) is 97.4 cm³/mol. The summed E-state index contributed by atoms with van der Waals surface area (Å²) in [4.78, 5) is 24.6. The molecule has 7 heteroatoms. The molecule has 3 rings (SSSR count). The van der Waals surface area contributed by atoms with Gasteiger partial charge in [-0.2, -0.15) is 0 Å². The maximum absolute atomic E-state index is 13.6. The third kappa shape index (κ3) is 4.42. The minimum Gasteiger partial charge on any atom is -0.489 e. The van der Waals surface area contributed by atoms with Crippen molar-refractivity contribution in [2.75, 3.05) is 10.6 Å². The van der Waals surface area contributed by atoms with Crippen LogP contribution in [0, 0.1) is 23.5 Å². The van der Waals surface area contributed by atoms with E-state index < -0.39 is 35.1 Å². The number of nitrogens with one attached hydrogen (secondary N) is 2. The quantitative estimate of drug-likeness (QED) is 0.804. The van der Waals surface area contributed by atoms with Crippen LogP contribution in [0.1, 0.15) is 20.3 Å². The Labute approximate surface area is 155 Å². The Bertz CT molecular complexity index is 850. The number of carbonyl (C=O) groups is 2. The topological polar surface area (TPSA) is 67.4 Å². The van der Waals surface area contributed by atoms with Crippen LogP contribution >= 0.6 is 0 Å². The van der Waals surface area contributed by atoms with Crippen LogP contribution in [0.2, 0.25) is 0 Å². The van der Waals surface area contributed by atoms with Gasteiger partial charge in [0.05, 0.1) is 23.6 Å². The van der Waals surface area contributed by atoms with Crippen molar-refractivity contribution in [1.82, 2.24) is 0 Å². The first kappa shape index (κ1) is 18.8. The van der Waals surface area contributed by atoms with Crippen LogP contribution in [0.15, 0.2) is 42.5 Å². The number of carbonyl (C=O) groups excluding carboxylic acids is 2. The summed E-state index contributed by atoms with van der Waals surface area (Å²) < 4.78 is 32.9. The van der Waals surface area contributed by atoms with Gasteiger partial charge in [-0.25, -0.2) is 8.78 Å². The number of ether oxygens (including phenoxy) is 1. The molecule has 0 radical (unpaired) electrons. The van der Waals surface area contributed by atoms with Gasteiger partial charge in [-0.15, -0.1) is 0 Å². The lowest BCUT2D eigenvalue weighted by molar-refractivity contribution is -0.122. The first-order valence-corrected chi connectivity index (χ1v) is 8.68. The Morgan fingerprint density at radius 2 is 1.56 bits per heavy atom. The predicted octanol–water partition coefficient (Wildman–Crippen LogP) is 3.97. The van der Waals surface area contributed by atoms with Gasteiger partial charge in [-0.1, -0.05) is 18.2 Å². The van der Waals surface area contributed by atoms with E-state index in [-0.39, 0.29) is 12.0 Å². The Balaban J connectivity index is 1.62. The van der Waals surface area contributed by atoms with Crippen molar-refractivity contribution in [3.8, 4) is 5.75 Å². The minimum atomic E-state index is -0.857. The monoisotopic (exact) mass is 374 g/mol. The number of hydrogen-bond acceptors (Lipinski definition) is 3. The number of halogens is 2. The van der Waals surface area contributed by atoms with Crippen molar-refractivity contribution in [3.05, 3.63) is 54.1 Å². The molecule has 27 heavy (non-hydrogen) atoms. The van der Waals surface area contributed by atoms with Crippen LogP contribution < -0.4 is 15.4 Å². The van der Waals surface area contributed by atoms with Crippen LogP contribution in [0.5, 0.6) is 5.75 Å². The summed E-state index contributed by atoms with van der Waals surface area (Å²) in [5.41, 5.74) is 0.0200. The lowest BCUT2D eigenvalue weighted by atomic mass is 10.2. The standard InChI is InChI=1S/C20H20F2N2O3/c1-11(2)27-17-9-4-3-8-16(17)23-19(25)12-10-13(12)20(26)24-18-14(21)6-5-7-15(18)22/h3-9,11-13H,10H2,1-2H3,(H,23,25)(H,24,26). The average molecular weight is 374 g/mol. The van der Waals surface area contributed by atoms with E-state index in [0.29, 0.717) is 17.9 Å². The number of hydrogen-bond donors (Lipinski definition) is 2.